The van der Waals surface area contributed by atoms with Crippen molar-refractivity contribution in [3.8, 4) is 0 Å². The number of ether oxygens (including phenoxy) is 4. The highest BCUT2D eigenvalue weighted by Crippen LogP contribution is 2.45. The molecule has 0 bridgehead atoms. The minimum Gasteiger partial charge on any atom is -0.462 e. The van der Waals surface area contributed by atoms with Crippen molar-refractivity contribution in [2.75, 3.05) is 39.6 Å². The molecule has 0 aliphatic rings. The van der Waals surface area contributed by atoms with Gasteiger partial charge < -0.3 is 33.8 Å². The molecule has 0 saturated carbocycles. The van der Waals surface area contributed by atoms with Crippen LogP contribution in [0, 0.1) is 23.7 Å². The Morgan fingerprint density at radius 2 is 0.565 bits per heavy atom. The van der Waals surface area contributed by atoms with E-state index in [1.165, 1.54) is 109 Å². The normalized spacial score (nSPS) is 15.0. The Labute approximate surface area is 517 Å². The predicted molar refractivity (Wildman–Crippen MR) is 340 cm³/mol. The number of phosphoric acid groups is 2. The van der Waals surface area contributed by atoms with E-state index in [1.54, 1.807) is 0 Å². The summed E-state index contributed by atoms with van der Waals surface area (Å²) in [5.41, 5.74) is 0. The molecule has 0 rings (SSSR count). The van der Waals surface area contributed by atoms with E-state index in [-0.39, 0.29) is 25.7 Å². The first-order valence-electron chi connectivity index (χ1n) is 34.3. The van der Waals surface area contributed by atoms with Gasteiger partial charge in [0.05, 0.1) is 26.4 Å². The lowest BCUT2D eigenvalue weighted by Crippen LogP contribution is -2.30. The summed E-state index contributed by atoms with van der Waals surface area (Å²) in [6, 6.07) is 0. The predicted octanol–water partition coefficient (Wildman–Crippen LogP) is 18.1. The second-order valence-electron chi connectivity index (χ2n) is 25.3. The van der Waals surface area contributed by atoms with Crippen LogP contribution in [-0.4, -0.2) is 96.7 Å². The summed E-state index contributed by atoms with van der Waals surface area (Å²) in [5, 5.41) is 10.5. The standard InChI is InChI=1S/C66H128O17P2/c1-9-58(7)44-36-28-19-13-11-12-14-21-32-40-48-65(70)82-62(53-77-64(69)47-39-31-25-24-27-35-43-57(5)6)55-81-85(74,75)79-51-60(67)50-78-84(72,73)80-54-61(52-76-63(68)46-38-30-23-17-18-26-34-42-56(3)4)83-66(71)49-41-33-22-16-15-20-29-37-45-59(8)10-2/h56-62,67H,9-55H2,1-8H3,(H,72,73)(H,74,75)/t58?,59?,60?,61-,62-/m1/s1. The molecule has 3 N–H and O–H groups in total. The maximum Gasteiger partial charge on any atom is 0.472 e. The zero-order valence-electron chi connectivity index (χ0n) is 55.2. The van der Waals surface area contributed by atoms with E-state index in [2.05, 4.69) is 55.4 Å². The lowest BCUT2D eigenvalue weighted by molar-refractivity contribution is -0.161. The number of esters is 4. The molecule has 0 amide bonds. The number of hydrogen-bond donors (Lipinski definition) is 3. The van der Waals surface area contributed by atoms with E-state index in [0.717, 1.165) is 115 Å². The molecule has 5 unspecified atom stereocenters. The van der Waals surface area contributed by atoms with Crippen LogP contribution < -0.4 is 0 Å². The number of hydrogen-bond acceptors (Lipinski definition) is 15. The van der Waals surface area contributed by atoms with Gasteiger partial charge >= 0.3 is 39.5 Å². The molecule has 85 heavy (non-hydrogen) atoms. The van der Waals surface area contributed by atoms with Crippen molar-refractivity contribution in [3.05, 3.63) is 0 Å². The van der Waals surface area contributed by atoms with Crippen molar-refractivity contribution >= 4 is 39.5 Å². The van der Waals surface area contributed by atoms with Crippen LogP contribution in [0.2, 0.25) is 0 Å². The van der Waals surface area contributed by atoms with Gasteiger partial charge in [-0.05, 0) is 49.4 Å². The largest absolute Gasteiger partial charge is 0.472 e. The fourth-order valence-corrected chi connectivity index (χ4v) is 11.3. The number of rotatable bonds is 63. The van der Waals surface area contributed by atoms with Crippen molar-refractivity contribution in [1.82, 2.24) is 0 Å². The van der Waals surface area contributed by atoms with Crippen LogP contribution >= 0.6 is 15.6 Å². The lowest BCUT2D eigenvalue weighted by Gasteiger charge is -2.21. The van der Waals surface area contributed by atoms with Crippen LogP contribution in [0.15, 0.2) is 0 Å². The van der Waals surface area contributed by atoms with E-state index in [9.17, 15) is 43.2 Å². The molecule has 0 aromatic carbocycles. The molecule has 504 valence electrons. The fourth-order valence-electron chi connectivity index (χ4n) is 9.72. The van der Waals surface area contributed by atoms with E-state index >= 15 is 0 Å². The third-order valence-electron chi connectivity index (χ3n) is 15.8. The van der Waals surface area contributed by atoms with Crippen LogP contribution in [-0.2, 0) is 65.4 Å². The summed E-state index contributed by atoms with van der Waals surface area (Å²) in [5.74, 6) is 0.818. The van der Waals surface area contributed by atoms with Crippen LogP contribution in [0.5, 0.6) is 0 Å². The second-order valence-corrected chi connectivity index (χ2v) is 28.2. The van der Waals surface area contributed by atoms with Crippen LogP contribution in [0.1, 0.15) is 319 Å². The van der Waals surface area contributed by atoms with Gasteiger partial charge in [0.15, 0.2) is 12.2 Å². The highest BCUT2D eigenvalue weighted by atomic mass is 31.2. The van der Waals surface area contributed by atoms with E-state index in [0.29, 0.717) is 37.5 Å². The van der Waals surface area contributed by atoms with Crippen LogP contribution in [0.3, 0.4) is 0 Å². The Kier molecular flexibility index (Phi) is 54.8. The quantitative estimate of drug-likeness (QED) is 0.0222. The monoisotopic (exact) mass is 1250 g/mol. The summed E-state index contributed by atoms with van der Waals surface area (Å²) >= 11 is 0. The Hall–Kier alpha value is -1.94. The minimum absolute atomic E-state index is 0.103. The average molecular weight is 1260 g/mol. The molecule has 0 fully saturated rings. The molecule has 0 aromatic heterocycles. The number of phosphoric ester groups is 2. The first kappa shape index (κ1) is 83.1. The Morgan fingerprint density at radius 3 is 0.835 bits per heavy atom. The van der Waals surface area contributed by atoms with Gasteiger partial charge in [-0.15, -0.1) is 0 Å². The molecule has 0 spiro atoms. The van der Waals surface area contributed by atoms with Gasteiger partial charge in [-0.3, -0.25) is 37.3 Å². The molecule has 0 aliphatic carbocycles. The summed E-state index contributed by atoms with van der Waals surface area (Å²) in [6.07, 6.45) is 36.3. The van der Waals surface area contributed by atoms with E-state index in [4.69, 9.17) is 37.0 Å². The molecular weight excluding hydrogens is 1130 g/mol. The lowest BCUT2D eigenvalue weighted by atomic mass is 9.99. The maximum atomic E-state index is 13.0. The SMILES string of the molecule is CCC(C)CCCCCCCCCCCCC(=O)O[C@H](COC(=O)CCCCCCCCC(C)C)COP(=O)(O)OCC(O)COP(=O)(O)OC[C@@H](COC(=O)CCCCCCCCCC(C)C)OC(=O)CCCCCCCCCCC(C)CC. The minimum atomic E-state index is -4.95. The highest BCUT2D eigenvalue weighted by molar-refractivity contribution is 7.47. The molecule has 0 saturated heterocycles. The highest BCUT2D eigenvalue weighted by Gasteiger charge is 2.30. The average Bonchev–Trinajstić information content (AvgIpc) is 3.55. The van der Waals surface area contributed by atoms with Crippen LogP contribution in [0.4, 0.5) is 0 Å². The first-order chi connectivity index (χ1) is 40.7. The number of aliphatic hydroxyl groups excluding tert-OH is 1. The van der Waals surface area contributed by atoms with Gasteiger partial charge in [0.25, 0.3) is 0 Å². The molecule has 7 atom stereocenters. The Morgan fingerprint density at radius 1 is 0.329 bits per heavy atom. The van der Waals surface area contributed by atoms with Crippen molar-refractivity contribution in [3.63, 3.8) is 0 Å². The summed E-state index contributed by atoms with van der Waals surface area (Å²) in [6.45, 7) is 14.0. The Bertz CT molecular complexity index is 1700. The third-order valence-corrected chi connectivity index (χ3v) is 17.7. The topological polar surface area (TPSA) is 237 Å². The molecule has 0 aromatic rings. The van der Waals surface area contributed by atoms with Gasteiger partial charge in [0, 0.05) is 25.7 Å². The van der Waals surface area contributed by atoms with Crippen molar-refractivity contribution in [1.29, 1.82) is 0 Å². The maximum absolute atomic E-state index is 13.0. The molecule has 19 heteroatoms. The van der Waals surface area contributed by atoms with Gasteiger partial charge in [-0.1, -0.05) is 267 Å². The second kappa shape index (κ2) is 56.1. The third kappa shape index (κ3) is 58.2. The molecule has 0 aliphatic heterocycles. The first-order valence-corrected chi connectivity index (χ1v) is 37.3. The van der Waals surface area contributed by atoms with Gasteiger partial charge in [0.1, 0.15) is 19.3 Å². The van der Waals surface area contributed by atoms with E-state index in [1.807, 2.05) is 0 Å². The molecular formula is C66H128O17P2. The fraction of sp³-hybridized carbons (Fsp3) is 0.939. The molecule has 0 radical (unpaired) electrons. The number of aliphatic hydroxyl groups is 1. The van der Waals surface area contributed by atoms with E-state index < -0.39 is 97.5 Å². The van der Waals surface area contributed by atoms with Crippen molar-refractivity contribution in [2.24, 2.45) is 23.7 Å². The smallest absolute Gasteiger partial charge is 0.462 e. The summed E-state index contributed by atoms with van der Waals surface area (Å²) < 4.78 is 68.1. The summed E-state index contributed by atoms with van der Waals surface area (Å²) in [7, 11) is -9.89. The van der Waals surface area contributed by atoms with Gasteiger partial charge in [0.2, 0.25) is 0 Å². The number of unbranched alkanes of at least 4 members (excludes halogenated alkanes) is 27. The Balaban J connectivity index is 5.26. The number of carbonyl (C=O) groups is 4. The van der Waals surface area contributed by atoms with Gasteiger partial charge in [-0.2, -0.15) is 0 Å². The number of carbonyl (C=O) groups excluding carboxylic acids is 4. The zero-order chi connectivity index (χ0) is 63.2. The molecule has 17 nitrogen and oxygen atoms in total. The van der Waals surface area contributed by atoms with Crippen molar-refractivity contribution < 1.29 is 80.2 Å². The zero-order valence-corrected chi connectivity index (χ0v) is 57.0. The molecule has 0 heterocycles. The van der Waals surface area contributed by atoms with Gasteiger partial charge in [-0.25, -0.2) is 9.13 Å². The van der Waals surface area contributed by atoms with Crippen LogP contribution in [0.25, 0.3) is 0 Å². The summed E-state index contributed by atoms with van der Waals surface area (Å²) in [4.78, 5) is 72.3. The van der Waals surface area contributed by atoms with Crippen molar-refractivity contribution in [2.45, 2.75) is 337 Å².